The summed E-state index contributed by atoms with van der Waals surface area (Å²) in [6, 6.07) is 0. The van der Waals surface area contributed by atoms with Crippen molar-refractivity contribution in [1.82, 2.24) is 9.88 Å². The zero-order valence-electron chi connectivity index (χ0n) is 13.1. The van der Waals surface area contributed by atoms with Crippen LogP contribution in [0.4, 0.5) is 0 Å². The van der Waals surface area contributed by atoms with E-state index in [0.29, 0.717) is 25.3 Å². The number of carbonyl (C=O) groups is 2. The van der Waals surface area contributed by atoms with Gasteiger partial charge in [0.15, 0.2) is 5.69 Å². The van der Waals surface area contributed by atoms with Crippen LogP contribution in [-0.4, -0.2) is 34.9 Å². The Kier molecular flexibility index (Phi) is 7.97. The van der Waals surface area contributed by atoms with Crippen molar-refractivity contribution in [3.8, 4) is 0 Å². The van der Waals surface area contributed by atoms with Gasteiger partial charge in [0.05, 0.1) is 13.2 Å². The monoisotopic (exact) mass is 312 g/mol. The molecule has 0 radical (unpaired) electrons. The molecule has 0 bridgehead atoms. The zero-order chi connectivity index (χ0) is 15.7. The first-order chi connectivity index (χ1) is 10.1. The van der Waals surface area contributed by atoms with Crippen LogP contribution in [-0.2, 0) is 16.1 Å². The maximum Gasteiger partial charge on any atom is 0.357 e. The standard InChI is InChI=1S/C15H24N2O3S/c1-4-7-8-9-17(14(18)5-2)10-13-16-12(11-21-13)15(19)20-6-3/h11H,4-10H2,1-3H3. The molecule has 0 saturated heterocycles. The van der Waals surface area contributed by atoms with Gasteiger partial charge in [0.25, 0.3) is 0 Å². The molecule has 1 aromatic rings. The average Bonchev–Trinajstić information content (AvgIpc) is 2.94. The third-order valence-electron chi connectivity index (χ3n) is 3.05. The van der Waals surface area contributed by atoms with Crippen molar-refractivity contribution in [1.29, 1.82) is 0 Å². The summed E-state index contributed by atoms with van der Waals surface area (Å²) in [5.74, 6) is -0.279. The molecule has 1 amide bonds. The molecule has 0 aliphatic heterocycles. The lowest BCUT2D eigenvalue weighted by Gasteiger charge is -2.20. The Morgan fingerprint density at radius 2 is 2.05 bits per heavy atom. The molecule has 0 N–H and O–H groups in total. The molecule has 5 nitrogen and oxygen atoms in total. The number of hydrogen-bond acceptors (Lipinski definition) is 5. The van der Waals surface area contributed by atoms with Gasteiger partial charge in [-0.1, -0.05) is 26.7 Å². The second kappa shape index (κ2) is 9.50. The summed E-state index contributed by atoms with van der Waals surface area (Å²) in [5, 5.41) is 2.46. The summed E-state index contributed by atoms with van der Waals surface area (Å²) in [4.78, 5) is 29.6. The van der Waals surface area contributed by atoms with Crippen molar-refractivity contribution < 1.29 is 14.3 Å². The third kappa shape index (κ3) is 5.83. The molecular formula is C15H24N2O3S. The van der Waals surface area contributed by atoms with E-state index in [1.54, 1.807) is 12.3 Å². The Labute approximate surface area is 130 Å². The molecule has 0 fully saturated rings. The minimum absolute atomic E-state index is 0.124. The smallest absolute Gasteiger partial charge is 0.357 e. The van der Waals surface area contributed by atoms with Crippen molar-refractivity contribution in [2.24, 2.45) is 0 Å². The fraction of sp³-hybridized carbons (Fsp3) is 0.667. The Balaban J connectivity index is 2.65. The summed E-state index contributed by atoms with van der Waals surface area (Å²) < 4.78 is 4.92. The molecule has 1 rings (SSSR count). The molecule has 0 unspecified atom stereocenters. The van der Waals surface area contributed by atoms with Crippen LogP contribution < -0.4 is 0 Å². The Hall–Kier alpha value is -1.43. The minimum Gasteiger partial charge on any atom is -0.461 e. The van der Waals surface area contributed by atoms with Gasteiger partial charge in [0, 0.05) is 18.3 Å². The molecule has 118 valence electrons. The topological polar surface area (TPSA) is 59.5 Å². The van der Waals surface area contributed by atoms with Crippen molar-refractivity contribution in [3.05, 3.63) is 16.1 Å². The van der Waals surface area contributed by atoms with Gasteiger partial charge in [-0.2, -0.15) is 0 Å². The molecule has 0 atom stereocenters. The normalized spacial score (nSPS) is 10.4. The molecule has 0 aliphatic rings. The van der Waals surface area contributed by atoms with E-state index in [1.165, 1.54) is 11.3 Å². The third-order valence-corrected chi connectivity index (χ3v) is 3.88. The molecule has 1 aromatic heterocycles. The molecule has 0 aromatic carbocycles. The van der Waals surface area contributed by atoms with E-state index >= 15 is 0 Å². The predicted molar refractivity (Wildman–Crippen MR) is 83.3 cm³/mol. The largest absolute Gasteiger partial charge is 0.461 e. The molecule has 0 saturated carbocycles. The average molecular weight is 312 g/mol. The number of rotatable bonds is 9. The molecule has 0 spiro atoms. The van der Waals surface area contributed by atoms with Crippen molar-refractivity contribution in [2.75, 3.05) is 13.2 Å². The molecule has 21 heavy (non-hydrogen) atoms. The van der Waals surface area contributed by atoms with Crippen molar-refractivity contribution >= 4 is 23.2 Å². The second-order valence-corrected chi connectivity index (χ2v) is 5.67. The van der Waals surface area contributed by atoms with Gasteiger partial charge in [0.1, 0.15) is 5.01 Å². The summed E-state index contributed by atoms with van der Waals surface area (Å²) in [5.41, 5.74) is 0.328. The number of amides is 1. The van der Waals surface area contributed by atoms with Crippen molar-refractivity contribution in [3.63, 3.8) is 0 Å². The predicted octanol–water partition coefficient (Wildman–Crippen LogP) is 3.25. The first-order valence-corrected chi connectivity index (χ1v) is 8.39. The number of ether oxygens (including phenoxy) is 1. The fourth-order valence-electron chi connectivity index (χ4n) is 1.91. The number of hydrogen-bond donors (Lipinski definition) is 0. The van der Waals surface area contributed by atoms with E-state index in [9.17, 15) is 9.59 Å². The lowest BCUT2D eigenvalue weighted by molar-refractivity contribution is -0.131. The van der Waals surface area contributed by atoms with E-state index in [0.717, 1.165) is 30.8 Å². The van der Waals surface area contributed by atoms with Crippen LogP contribution in [0.15, 0.2) is 5.38 Å². The van der Waals surface area contributed by atoms with Crippen LogP contribution in [0.2, 0.25) is 0 Å². The number of nitrogens with zero attached hydrogens (tertiary/aromatic N) is 2. The molecule has 1 heterocycles. The number of esters is 1. The van der Waals surface area contributed by atoms with E-state index in [2.05, 4.69) is 11.9 Å². The van der Waals surface area contributed by atoms with Crippen LogP contribution in [0.5, 0.6) is 0 Å². The lowest BCUT2D eigenvalue weighted by Crippen LogP contribution is -2.30. The van der Waals surface area contributed by atoms with Crippen LogP contribution in [0, 0.1) is 0 Å². The SMILES string of the molecule is CCCCCN(Cc1nc(C(=O)OCC)cs1)C(=O)CC. The molecule has 6 heteroatoms. The van der Waals surface area contributed by atoms with Gasteiger partial charge in [-0.15, -0.1) is 11.3 Å². The van der Waals surface area contributed by atoms with Gasteiger partial charge in [-0.05, 0) is 13.3 Å². The van der Waals surface area contributed by atoms with Gasteiger partial charge in [-0.3, -0.25) is 4.79 Å². The van der Waals surface area contributed by atoms with Crippen LogP contribution in [0.1, 0.15) is 62.0 Å². The highest BCUT2D eigenvalue weighted by Gasteiger charge is 2.16. The maximum absolute atomic E-state index is 12.0. The quantitative estimate of drug-likeness (QED) is 0.519. The zero-order valence-corrected chi connectivity index (χ0v) is 13.9. The Morgan fingerprint density at radius 3 is 2.67 bits per heavy atom. The Morgan fingerprint density at radius 1 is 1.29 bits per heavy atom. The lowest BCUT2D eigenvalue weighted by atomic mass is 10.2. The maximum atomic E-state index is 12.0. The number of aromatic nitrogens is 1. The fourth-order valence-corrected chi connectivity index (χ4v) is 2.69. The Bertz CT molecular complexity index is 460. The molecular weight excluding hydrogens is 288 g/mol. The summed E-state index contributed by atoms with van der Waals surface area (Å²) in [6.07, 6.45) is 3.72. The first-order valence-electron chi connectivity index (χ1n) is 7.51. The second-order valence-electron chi connectivity index (χ2n) is 4.72. The highest BCUT2D eigenvalue weighted by Crippen LogP contribution is 2.15. The number of carbonyl (C=O) groups excluding carboxylic acids is 2. The van der Waals surface area contributed by atoms with Gasteiger partial charge in [0.2, 0.25) is 5.91 Å². The van der Waals surface area contributed by atoms with E-state index in [-0.39, 0.29) is 5.91 Å². The van der Waals surface area contributed by atoms with Crippen molar-refractivity contribution in [2.45, 2.75) is 53.0 Å². The van der Waals surface area contributed by atoms with Crippen LogP contribution >= 0.6 is 11.3 Å². The van der Waals surface area contributed by atoms with Gasteiger partial charge in [-0.25, -0.2) is 9.78 Å². The summed E-state index contributed by atoms with van der Waals surface area (Å²) in [7, 11) is 0. The van der Waals surface area contributed by atoms with E-state index in [1.807, 2.05) is 11.8 Å². The van der Waals surface area contributed by atoms with E-state index < -0.39 is 5.97 Å². The highest BCUT2D eigenvalue weighted by atomic mass is 32.1. The highest BCUT2D eigenvalue weighted by molar-refractivity contribution is 7.09. The summed E-state index contributed by atoms with van der Waals surface area (Å²) in [6.45, 7) is 7.32. The van der Waals surface area contributed by atoms with Crippen LogP contribution in [0.3, 0.4) is 0 Å². The van der Waals surface area contributed by atoms with Crippen LogP contribution in [0.25, 0.3) is 0 Å². The van der Waals surface area contributed by atoms with Gasteiger partial charge < -0.3 is 9.64 Å². The molecule has 0 aliphatic carbocycles. The number of unbranched alkanes of at least 4 members (excludes halogenated alkanes) is 2. The van der Waals surface area contributed by atoms with Gasteiger partial charge >= 0.3 is 5.97 Å². The summed E-state index contributed by atoms with van der Waals surface area (Å²) >= 11 is 1.39. The minimum atomic E-state index is -0.403. The first kappa shape index (κ1) is 17.6. The van der Waals surface area contributed by atoms with E-state index in [4.69, 9.17) is 4.74 Å². The number of thiazole rings is 1.